The molecule has 3 aromatic rings. The fourth-order valence-corrected chi connectivity index (χ4v) is 4.35. The van der Waals surface area contributed by atoms with E-state index in [2.05, 4.69) is 21.9 Å². The molecule has 1 unspecified atom stereocenters. The van der Waals surface area contributed by atoms with Crippen LogP contribution in [0.4, 0.5) is 10.2 Å². The molecule has 0 radical (unpaired) electrons. The molecule has 2 aromatic heterocycles. The van der Waals surface area contributed by atoms with E-state index in [-0.39, 0.29) is 39.1 Å². The number of pyridine rings is 1. The van der Waals surface area contributed by atoms with E-state index >= 15 is 4.39 Å². The number of hydrogen-bond donors (Lipinski definition) is 1. The third-order valence-electron chi connectivity index (χ3n) is 5.41. The molecule has 7 nitrogen and oxygen atoms in total. The fourth-order valence-electron chi connectivity index (χ4n) is 3.86. The van der Waals surface area contributed by atoms with Crippen LogP contribution in [-0.2, 0) is 17.4 Å². The number of anilines is 1. The minimum Gasteiger partial charge on any atom is -0.358 e. The number of halogens is 3. The lowest BCUT2D eigenvalue weighted by atomic mass is 9.88. The van der Waals surface area contributed by atoms with Crippen molar-refractivity contribution in [3.05, 3.63) is 75.0 Å². The van der Waals surface area contributed by atoms with Gasteiger partial charge in [0.15, 0.2) is 5.52 Å². The van der Waals surface area contributed by atoms with Crippen LogP contribution >= 0.6 is 23.2 Å². The Hall–Kier alpha value is -2.97. The number of carbonyl (C=O) groups excluding carboxylic acids is 1. The first-order chi connectivity index (χ1) is 14.8. The molecule has 0 bridgehead atoms. The average Bonchev–Trinajstić information content (AvgIpc) is 3.18. The van der Waals surface area contributed by atoms with Crippen molar-refractivity contribution in [3.8, 4) is 0 Å². The average molecular weight is 462 g/mol. The lowest BCUT2D eigenvalue weighted by Crippen LogP contribution is -2.41. The van der Waals surface area contributed by atoms with E-state index in [1.807, 2.05) is 0 Å². The van der Waals surface area contributed by atoms with Gasteiger partial charge in [0.1, 0.15) is 11.6 Å². The molecule has 1 aliphatic rings. The van der Waals surface area contributed by atoms with Gasteiger partial charge in [-0.1, -0.05) is 29.8 Å². The Kier molecular flexibility index (Phi) is 5.45. The smallest absolute Gasteiger partial charge is 0.279 e. The van der Waals surface area contributed by atoms with E-state index in [1.165, 1.54) is 34.0 Å². The highest BCUT2D eigenvalue weighted by molar-refractivity contribution is 6.42. The highest BCUT2D eigenvalue weighted by Crippen LogP contribution is 2.42. The number of aryl methyl sites for hydroxylation is 1. The van der Waals surface area contributed by atoms with Gasteiger partial charge in [-0.2, -0.15) is 0 Å². The molecule has 0 aliphatic carbocycles. The molecule has 1 atom stereocenters. The number of nitrogens with one attached hydrogen (secondary N) is 1. The van der Waals surface area contributed by atoms with Crippen LogP contribution in [0.15, 0.2) is 48.0 Å². The summed E-state index contributed by atoms with van der Waals surface area (Å²) in [4.78, 5) is 34.8. The molecular formula is C21H18Cl2FN5O2. The van der Waals surface area contributed by atoms with Gasteiger partial charge in [0.05, 0.1) is 27.4 Å². The first kappa shape index (κ1) is 21.3. The van der Waals surface area contributed by atoms with Crippen molar-refractivity contribution in [3.63, 3.8) is 0 Å². The normalized spacial score (nSPS) is 18.4. The number of likely N-dealkylation sites (tertiary alicyclic amines) is 1. The van der Waals surface area contributed by atoms with Crippen molar-refractivity contribution in [1.29, 1.82) is 0 Å². The van der Waals surface area contributed by atoms with Gasteiger partial charge in [-0.05, 0) is 36.8 Å². The Morgan fingerprint density at radius 1 is 1.32 bits per heavy atom. The van der Waals surface area contributed by atoms with E-state index < -0.39 is 11.4 Å². The first-order valence-electron chi connectivity index (χ1n) is 9.41. The number of benzene rings is 1. The Bertz CT molecular complexity index is 1280. The number of nitrogens with zero attached hydrogens (tertiary/aromatic N) is 4. The second kappa shape index (κ2) is 7.94. The zero-order chi connectivity index (χ0) is 22.3. The Morgan fingerprint density at radius 3 is 2.84 bits per heavy atom. The first-order valence-corrected chi connectivity index (χ1v) is 10.2. The lowest BCUT2D eigenvalue weighted by Gasteiger charge is -2.33. The van der Waals surface area contributed by atoms with Crippen LogP contribution < -0.4 is 10.9 Å². The second-order valence-electron chi connectivity index (χ2n) is 7.36. The molecule has 1 N–H and O–H groups in total. The molecule has 10 heteroatoms. The summed E-state index contributed by atoms with van der Waals surface area (Å²) in [5.74, 6) is -0.527. The molecule has 1 fully saturated rings. The van der Waals surface area contributed by atoms with Gasteiger partial charge in [0, 0.05) is 25.7 Å². The van der Waals surface area contributed by atoms with Gasteiger partial charge in [0.25, 0.3) is 5.56 Å². The lowest BCUT2D eigenvalue weighted by molar-refractivity contribution is -0.125. The highest BCUT2D eigenvalue weighted by atomic mass is 35.5. The maximum Gasteiger partial charge on any atom is 0.279 e. The van der Waals surface area contributed by atoms with Crippen molar-refractivity contribution in [1.82, 2.24) is 19.4 Å². The third kappa shape index (κ3) is 3.66. The summed E-state index contributed by atoms with van der Waals surface area (Å²) < 4.78 is 16.3. The van der Waals surface area contributed by atoms with Crippen LogP contribution in [0.2, 0.25) is 10.0 Å². The molecule has 1 saturated heterocycles. The Morgan fingerprint density at radius 2 is 2.10 bits per heavy atom. The molecule has 1 amide bonds. The largest absolute Gasteiger partial charge is 0.358 e. The molecular weight excluding hydrogens is 444 g/mol. The number of rotatable bonds is 4. The fraction of sp³-hybridized carbons (Fsp3) is 0.238. The quantitative estimate of drug-likeness (QED) is 0.474. The molecule has 1 aromatic carbocycles. The SMILES string of the molecule is C=CC(=O)N1CCC(Nc2ccc3ncn(C)c(=O)c3n2)(c2c(F)ccc(Cl)c2Cl)C1. The van der Waals surface area contributed by atoms with Crippen LogP contribution in [0, 0.1) is 5.82 Å². The Balaban J connectivity index is 1.85. The zero-order valence-electron chi connectivity index (χ0n) is 16.5. The summed E-state index contributed by atoms with van der Waals surface area (Å²) in [6.45, 7) is 3.98. The van der Waals surface area contributed by atoms with Crippen molar-refractivity contribution in [2.24, 2.45) is 7.05 Å². The summed E-state index contributed by atoms with van der Waals surface area (Å²) in [5.41, 5.74) is -0.685. The number of fused-ring (bicyclic) bond motifs is 1. The molecule has 4 rings (SSSR count). The summed E-state index contributed by atoms with van der Waals surface area (Å²) in [7, 11) is 1.58. The monoisotopic (exact) mass is 461 g/mol. The van der Waals surface area contributed by atoms with Crippen LogP contribution in [-0.4, -0.2) is 38.4 Å². The van der Waals surface area contributed by atoms with Crippen LogP contribution in [0.5, 0.6) is 0 Å². The van der Waals surface area contributed by atoms with E-state index in [0.717, 1.165) is 0 Å². The van der Waals surface area contributed by atoms with Gasteiger partial charge in [-0.3, -0.25) is 9.59 Å². The number of amides is 1. The molecule has 0 spiro atoms. The predicted molar refractivity (Wildman–Crippen MR) is 118 cm³/mol. The highest BCUT2D eigenvalue weighted by Gasteiger charge is 2.44. The Labute approximate surface area is 187 Å². The second-order valence-corrected chi connectivity index (χ2v) is 8.15. The minimum atomic E-state index is -1.11. The zero-order valence-corrected chi connectivity index (χ0v) is 18.0. The van der Waals surface area contributed by atoms with E-state index in [9.17, 15) is 9.59 Å². The molecule has 1 aliphatic heterocycles. The van der Waals surface area contributed by atoms with Crippen molar-refractivity contribution < 1.29 is 9.18 Å². The predicted octanol–water partition coefficient (Wildman–Crippen LogP) is 3.50. The maximum absolute atomic E-state index is 15.0. The number of hydrogen-bond acceptors (Lipinski definition) is 5. The third-order valence-corrected chi connectivity index (χ3v) is 6.22. The summed E-state index contributed by atoms with van der Waals surface area (Å²) in [6, 6.07) is 5.91. The number of aromatic nitrogens is 3. The van der Waals surface area contributed by atoms with Crippen molar-refractivity contribution in [2.75, 3.05) is 18.4 Å². The van der Waals surface area contributed by atoms with Crippen LogP contribution in [0.25, 0.3) is 11.0 Å². The van der Waals surface area contributed by atoms with Crippen LogP contribution in [0.3, 0.4) is 0 Å². The van der Waals surface area contributed by atoms with Crippen molar-refractivity contribution in [2.45, 2.75) is 12.0 Å². The van der Waals surface area contributed by atoms with Crippen LogP contribution in [0.1, 0.15) is 12.0 Å². The molecule has 0 saturated carbocycles. The van der Waals surface area contributed by atoms with Gasteiger partial charge < -0.3 is 14.8 Å². The minimum absolute atomic E-state index is 0.0560. The van der Waals surface area contributed by atoms with Gasteiger partial charge >= 0.3 is 0 Å². The molecule has 160 valence electrons. The number of carbonyl (C=O) groups is 1. The standard InChI is InChI=1S/C21H18Cl2FN5O2/c1-3-16(30)29-9-8-21(10-29,17-13(24)5-4-12(22)18(17)23)27-15-7-6-14-19(26-15)20(31)28(2)11-25-14/h3-7,11H,1,8-10H2,2H3,(H,26,27). The van der Waals surface area contributed by atoms with Gasteiger partial charge in [-0.25, -0.2) is 14.4 Å². The van der Waals surface area contributed by atoms with Gasteiger partial charge in [-0.15, -0.1) is 0 Å². The van der Waals surface area contributed by atoms with E-state index in [0.29, 0.717) is 24.3 Å². The topological polar surface area (TPSA) is 80.1 Å². The molecule has 31 heavy (non-hydrogen) atoms. The summed E-state index contributed by atoms with van der Waals surface area (Å²) in [6.07, 6.45) is 2.96. The van der Waals surface area contributed by atoms with Gasteiger partial charge in [0.2, 0.25) is 5.91 Å². The maximum atomic E-state index is 15.0. The molecule has 3 heterocycles. The van der Waals surface area contributed by atoms with E-state index in [1.54, 1.807) is 19.2 Å². The van der Waals surface area contributed by atoms with E-state index in [4.69, 9.17) is 23.2 Å². The summed E-state index contributed by atoms with van der Waals surface area (Å²) >= 11 is 12.6. The summed E-state index contributed by atoms with van der Waals surface area (Å²) in [5, 5.41) is 3.48. The van der Waals surface area contributed by atoms with Crippen molar-refractivity contribution >= 4 is 46.0 Å².